The van der Waals surface area contributed by atoms with Crippen molar-refractivity contribution >= 4 is 17.4 Å². The number of hydrogen-bond donors (Lipinski definition) is 0. The topological polar surface area (TPSA) is 49.9 Å². The number of nitrogens with zero attached hydrogens (tertiary/aromatic N) is 2. The van der Waals surface area contributed by atoms with Gasteiger partial charge in [0, 0.05) is 19.6 Å². The molecule has 1 fully saturated rings. The van der Waals surface area contributed by atoms with Crippen molar-refractivity contribution in [2.24, 2.45) is 5.92 Å². The Morgan fingerprint density at radius 2 is 1.78 bits per heavy atom. The molecule has 0 spiro atoms. The van der Waals surface area contributed by atoms with Gasteiger partial charge in [-0.2, -0.15) is 0 Å². The molecule has 4 rings (SSSR count). The summed E-state index contributed by atoms with van der Waals surface area (Å²) >= 11 is 0. The van der Waals surface area contributed by atoms with Crippen molar-refractivity contribution in [2.45, 2.75) is 40.0 Å². The number of piperidine rings is 1. The van der Waals surface area contributed by atoms with Gasteiger partial charge in [0.25, 0.3) is 11.8 Å². The fourth-order valence-electron chi connectivity index (χ4n) is 4.82. The number of amides is 2. The van der Waals surface area contributed by atoms with Gasteiger partial charge in [0.1, 0.15) is 11.4 Å². The lowest BCUT2D eigenvalue weighted by Gasteiger charge is -2.33. The Morgan fingerprint density at radius 1 is 1.03 bits per heavy atom. The molecule has 32 heavy (non-hydrogen) atoms. The molecule has 0 bridgehead atoms. The van der Waals surface area contributed by atoms with Crippen LogP contribution in [0, 0.1) is 19.8 Å². The van der Waals surface area contributed by atoms with Gasteiger partial charge in [-0.3, -0.25) is 14.5 Å². The standard InChI is InChI=1S/C27H32N2O3/c1-18-7-12-23(20(3)16-18)24-25(28-14-5-6-19(2)17-28)27(31)29(26(24)30)15-13-21-8-10-22(32-4)11-9-21/h7-12,16,19H,5-6,13-15,17H2,1-4H3. The molecule has 2 heterocycles. The third-order valence-electron chi connectivity index (χ3n) is 6.55. The fraction of sp³-hybridized carbons (Fsp3) is 0.407. The summed E-state index contributed by atoms with van der Waals surface area (Å²) in [5.74, 6) is 0.964. The lowest BCUT2D eigenvalue weighted by Crippen LogP contribution is -2.39. The molecule has 0 aliphatic carbocycles. The maximum absolute atomic E-state index is 13.6. The van der Waals surface area contributed by atoms with Crippen molar-refractivity contribution in [1.82, 2.24) is 9.80 Å². The Hall–Kier alpha value is -3.08. The van der Waals surface area contributed by atoms with Crippen LogP contribution < -0.4 is 4.74 Å². The second-order valence-corrected chi connectivity index (χ2v) is 9.10. The summed E-state index contributed by atoms with van der Waals surface area (Å²) in [6, 6.07) is 13.9. The van der Waals surface area contributed by atoms with Crippen LogP contribution in [-0.4, -0.2) is 48.4 Å². The first-order valence-electron chi connectivity index (χ1n) is 11.4. The van der Waals surface area contributed by atoms with Crippen molar-refractivity contribution in [2.75, 3.05) is 26.7 Å². The fourth-order valence-corrected chi connectivity index (χ4v) is 4.82. The van der Waals surface area contributed by atoms with E-state index in [0.29, 0.717) is 30.2 Å². The van der Waals surface area contributed by atoms with E-state index in [1.807, 2.05) is 50.2 Å². The Morgan fingerprint density at radius 3 is 2.44 bits per heavy atom. The van der Waals surface area contributed by atoms with Crippen LogP contribution in [-0.2, 0) is 16.0 Å². The highest BCUT2D eigenvalue weighted by Crippen LogP contribution is 2.35. The molecule has 2 aromatic carbocycles. The molecule has 2 amide bonds. The summed E-state index contributed by atoms with van der Waals surface area (Å²) in [5, 5.41) is 0. The van der Waals surface area contributed by atoms with Crippen LogP contribution >= 0.6 is 0 Å². The van der Waals surface area contributed by atoms with Crippen LogP contribution in [0.4, 0.5) is 0 Å². The van der Waals surface area contributed by atoms with Crippen molar-refractivity contribution in [3.05, 3.63) is 70.4 Å². The predicted molar refractivity (Wildman–Crippen MR) is 126 cm³/mol. The van der Waals surface area contributed by atoms with Gasteiger partial charge < -0.3 is 9.64 Å². The van der Waals surface area contributed by atoms with Gasteiger partial charge in [-0.15, -0.1) is 0 Å². The van der Waals surface area contributed by atoms with Crippen LogP contribution in [0.5, 0.6) is 5.75 Å². The van der Waals surface area contributed by atoms with E-state index in [4.69, 9.17) is 4.74 Å². The first-order chi connectivity index (χ1) is 15.4. The Labute approximate surface area is 190 Å². The van der Waals surface area contributed by atoms with E-state index in [1.54, 1.807) is 7.11 Å². The number of methoxy groups -OCH3 is 1. The number of imide groups is 1. The molecule has 2 aromatic rings. The highest BCUT2D eigenvalue weighted by molar-refractivity contribution is 6.35. The lowest BCUT2D eigenvalue weighted by molar-refractivity contribution is -0.137. The van der Waals surface area contributed by atoms with Crippen molar-refractivity contribution in [1.29, 1.82) is 0 Å². The molecular formula is C27H32N2O3. The summed E-state index contributed by atoms with van der Waals surface area (Å²) in [7, 11) is 1.64. The van der Waals surface area contributed by atoms with E-state index in [9.17, 15) is 9.59 Å². The maximum Gasteiger partial charge on any atom is 0.277 e. The molecule has 1 atom stereocenters. The van der Waals surface area contributed by atoms with Gasteiger partial charge in [0.05, 0.1) is 12.7 Å². The second-order valence-electron chi connectivity index (χ2n) is 9.10. The van der Waals surface area contributed by atoms with Crippen LogP contribution in [0.3, 0.4) is 0 Å². The average Bonchev–Trinajstić information content (AvgIpc) is 3.02. The molecule has 1 saturated heterocycles. The Bertz CT molecular complexity index is 1060. The largest absolute Gasteiger partial charge is 0.497 e. The molecule has 5 nitrogen and oxygen atoms in total. The minimum absolute atomic E-state index is 0.160. The summed E-state index contributed by atoms with van der Waals surface area (Å²) < 4.78 is 5.22. The third kappa shape index (κ3) is 4.29. The Balaban J connectivity index is 1.65. The third-order valence-corrected chi connectivity index (χ3v) is 6.55. The first-order valence-corrected chi connectivity index (χ1v) is 11.4. The highest BCUT2D eigenvalue weighted by Gasteiger charge is 2.42. The van der Waals surface area contributed by atoms with E-state index < -0.39 is 0 Å². The lowest BCUT2D eigenvalue weighted by atomic mass is 9.95. The minimum Gasteiger partial charge on any atom is -0.497 e. The van der Waals surface area contributed by atoms with Crippen LogP contribution in [0.2, 0.25) is 0 Å². The zero-order valence-corrected chi connectivity index (χ0v) is 19.5. The number of benzene rings is 2. The van der Waals surface area contributed by atoms with Crippen LogP contribution in [0.15, 0.2) is 48.2 Å². The van der Waals surface area contributed by atoms with Crippen molar-refractivity contribution in [3.8, 4) is 5.75 Å². The van der Waals surface area contributed by atoms with Crippen LogP contribution in [0.25, 0.3) is 5.57 Å². The number of hydrogen-bond acceptors (Lipinski definition) is 4. The summed E-state index contributed by atoms with van der Waals surface area (Å²) in [5.41, 5.74) is 5.27. The van der Waals surface area contributed by atoms with E-state index >= 15 is 0 Å². The smallest absolute Gasteiger partial charge is 0.277 e. The van der Waals surface area contributed by atoms with Gasteiger partial charge >= 0.3 is 0 Å². The highest BCUT2D eigenvalue weighted by atomic mass is 16.5. The molecule has 0 radical (unpaired) electrons. The number of ether oxygens (including phenoxy) is 1. The van der Waals surface area contributed by atoms with Gasteiger partial charge in [-0.25, -0.2) is 0 Å². The molecule has 0 aromatic heterocycles. The van der Waals surface area contributed by atoms with Gasteiger partial charge in [-0.1, -0.05) is 42.8 Å². The van der Waals surface area contributed by atoms with E-state index in [0.717, 1.165) is 53.9 Å². The molecule has 0 N–H and O–H groups in total. The predicted octanol–water partition coefficient (Wildman–Crippen LogP) is 4.37. The maximum atomic E-state index is 13.6. The van der Waals surface area contributed by atoms with Gasteiger partial charge in [-0.05, 0) is 67.9 Å². The van der Waals surface area contributed by atoms with Crippen molar-refractivity contribution < 1.29 is 14.3 Å². The minimum atomic E-state index is -0.177. The Kier molecular flexibility index (Phi) is 6.35. The van der Waals surface area contributed by atoms with Crippen molar-refractivity contribution in [3.63, 3.8) is 0 Å². The zero-order chi connectivity index (χ0) is 22.8. The number of rotatable bonds is 6. The molecule has 5 heteroatoms. The first kappa shape index (κ1) is 22.1. The summed E-state index contributed by atoms with van der Waals surface area (Å²) in [6.07, 6.45) is 2.81. The van der Waals surface area contributed by atoms with Gasteiger partial charge in [0.2, 0.25) is 0 Å². The molecule has 1 unspecified atom stereocenters. The summed E-state index contributed by atoms with van der Waals surface area (Å²) in [6.45, 7) is 8.27. The monoisotopic (exact) mass is 432 g/mol. The molecule has 2 aliphatic heterocycles. The van der Waals surface area contributed by atoms with E-state index in [1.165, 1.54) is 4.90 Å². The number of carbonyl (C=O) groups excluding carboxylic acids is 2. The molecular weight excluding hydrogens is 400 g/mol. The quantitative estimate of drug-likeness (QED) is 0.636. The number of aryl methyl sites for hydroxylation is 2. The molecule has 2 aliphatic rings. The van der Waals surface area contributed by atoms with E-state index in [-0.39, 0.29) is 11.8 Å². The van der Waals surface area contributed by atoms with Gasteiger partial charge in [0.15, 0.2) is 0 Å². The zero-order valence-electron chi connectivity index (χ0n) is 19.5. The van der Waals surface area contributed by atoms with Crippen LogP contribution in [0.1, 0.15) is 42.0 Å². The van der Waals surface area contributed by atoms with E-state index in [2.05, 4.69) is 17.9 Å². The normalized spacial score (nSPS) is 19.2. The second kappa shape index (κ2) is 9.19. The summed E-state index contributed by atoms with van der Waals surface area (Å²) in [4.78, 5) is 30.8. The molecule has 168 valence electrons. The SMILES string of the molecule is COc1ccc(CCN2C(=O)C(c3ccc(C)cc3C)=C(N3CCCC(C)C3)C2=O)cc1. The number of likely N-dealkylation sites (tertiary alicyclic amines) is 1. The molecule has 0 saturated carbocycles. The average molecular weight is 433 g/mol. The number of carbonyl (C=O) groups is 2.